The minimum Gasteiger partial charge on any atom is -0.319 e. The Balaban J connectivity index is 1.53. The molecule has 1 N–H and O–H groups in total. The third-order valence-corrected chi connectivity index (χ3v) is 8.64. The molecular weight excluding hydrogens is 466 g/mol. The number of amides is 3. The number of carbonyl (C=O) groups is 3. The lowest BCUT2D eigenvalue weighted by Crippen LogP contribution is -2.41. The summed E-state index contributed by atoms with van der Waals surface area (Å²) in [5.74, 6) is -0.877. The molecule has 1 atom stereocenters. The van der Waals surface area contributed by atoms with Gasteiger partial charge < -0.3 is 5.32 Å². The zero-order chi connectivity index (χ0) is 25.8. The molecule has 2 heterocycles. The van der Waals surface area contributed by atoms with Crippen molar-refractivity contribution >= 4 is 33.4 Å². The van der Waals surface area contributed by atoms with Crippen molar-refractivity contribution in [3.05, 3.63) is 64.7 Å². The van der Waals surface area contributed by atoms with E-state index in [-0.39, 0.29) is 17.0 Å². The molecule has 2 aliphatic heterocycles. The van der Waals surface area contributed by atoms with Crippen LogP contribution in [0.1, 0.15) is 61.7 Å². The molecule has 3 amide bonds. The molecule has 0 saturated carbocycles. The van der Waals surface area contributed by atoms with Crippen molar-refractivity contribution in [1.82, 2.24) is 10.2 Å². The van der Waals surface area contributed by atoms with Gasteiger partial charge in [-0.3, -0.25) is 18.8 Å². The summed E-state index contributed by atoms with van der Waals surface area (Å²) in [6, 6.07) is 11.8. The Kier molecular flexibility index (Phi) is 6.03. The number of nitrogens with one attached hydrogen (secondary N) is 1. The van der Waals surface area contributed by atoms with Gasteiger partial charge >= 0.3 is 6.03 Å². The van der Waals surface area contributed by atoms with E-state index in [2.05, 4.69) is 26.1 Å². The highest BCUT2D eigenvalue weighted by Gasteiger charge is 2.49. The summed E-state index contributed by atoms with van der Waals surface area (Å²) in [5, 5.41) is 2.74. The van der Waals surface area contributed by atoms with Crippen LogP contribution >= 0.6 is 0 Å². The Bertz CT molecular complexity index is 1310. The first-order valence-corrected chi connectivity index (χ1v) is 13.3. The fourth-order valence-corrected chi connectivity index (χ4v) is 5.72. The lowest BCUT2D eigenvalue weighted by molar-refractivity contribution is -0.130. The smallest absolute Gasteiger partial charge is 0.319 e. The maximum atomic E-state index is 13.3. The molecular formula is C26H31N3O5S. The van der Waals surface area contributed by atoms with Crippen LogP contribution in [-0.4, -0.2) is 49.9 Å². The largest absolute Gasteiger partial charge is 0.325 e. The van der Waals surface area contributed by atoms with Gasteiger partial charge in [-0.05, 0) is 60.6 Å². The van der Waals surface area contributed by atoms with Crippen LogP contribution in [0.25, 0.3) is 0 Å². The zero-order valence-corrected chi connectivity index (χ0v) is 21.5. The molecule has 9 heteroatoms. The highest BCUT2D eigenvalue weighted by Crippen LogP contribution is 2.33. The fourth-order valence-electron chi connectivity index (χ4n) is 4.56. The number of anilines is 1. The molecule has 4 rings (SSSR count). The second-order valence-electron chi connectivity index (χ2n) is 10.3. The molecule has 0 aliphatic carbocycles. The van der Waals surface area contributed by atoms with Gasteiger partial charge in [0.2, 0.25) is 10.0 Å². The number of hydrogen-bond donors (Lipinski definition) is 1. The van der Waals surface area contributed by atoms with Crippen LogP contribution in [-0.2, 0) is 32.2 Å². The van der Waals surface area contributed by atoms with Gasteiger partial charge in [0.05, 0.1) is 18.0 Å². The predicted octanol–water partition coefficient (Wildman–Crippen LogP) is 3.35. The Morgan fingerprint density at radius 3 is 2.34 bits per heavy atom. The molecule has 0 aromatic heterocycles. The molecule has 0 spiro atoms. The zero-order valence-electron chi connectivity index (χ0n) is 20.7. The molecule has 2 aromatic rings. The molecule has 0 unspecified atom stereocenters. The van der Waals surface area contributed by atoms with E-state index in [4.69, 9.17) is 0 Å². The van der Waals surface area contributed by atoms with Crippen LogP contribution in [0.4, 0.5) is 10.5 Å². The number of rotatable bonds is 6. The van der Waals surface area contributed by atoms with Crippen molar-refractivity contribution in [3.63, 3.8) is 0 Å². The summed E-state index contributed by atoms with van der Waals surface area (Å²) in [5.41, 5.74) is 2.11. The standard InChI is InChI=1S/C26H31N3O5S/c1-6-35(33,34)29-14-13-17-15-18(7-12-21(17)29)22(30)16-28-23(31)26(5,27-24(28)32)20-10-8-19(9-11-20)25(2,3)4/h7-12,15H,6,13-14,16H2,1-5H3,(H,27,32)/t26-/m1/s1. The van der Waals surface area contributed by atoms with E-state index in [0.717, 1.165) is 16.0 Å². The number of carbonyl (C=O) groups excluding carboxylic acids is 3. The maximum Gasteiger partial charge on any atom is 0.325 e. The molecule has 2 aliphatic rings. The lowest BCUT2D eigenvalue weighted by atomic mass is 9.84. The van der Waals surface area contributed by atoms with Gasteiger partial charge in [-0.2, -0.15) is 0 Å². The van der Waals surface area contributed by atoms with E-state index in [1.807, 2.05) is 24.3 Å². The van der Waals surface area contributed by atoms with E-state index in [0.29, 0.717) is 29.8 Å². The molecule has 8 nitrogen and oxygen atoms in total. The first-order chi connectivity index (χ1) is 16.3. The number of ketones is 1. The number of urea groups is 1. The van der Waals surface area contributed by atoms with Crippen molar-refractivity contribution in [1.29, 1.82) is 0 Å². The fraction of sp³-hybridized carbons (Fsp3) is 0.423. The molecule has 1 saturated heterocycles. The number of benzene rings is 2. The van der Waals surface area contributed by atoms with Crippen LogP contribution in [0.5, 0.6) is 0 Å². The van der Waals surface area contributed by atoms with E-state index in [1.54, 1.807) is 32.0 Å². The van der Waals surface area contributed by atoms with E-state index in [9.17, 15) is 22.8 Å². The number of imide groups is 1. The number of Topliss-reactive ketones (excluding diaryl/α,β-unsaturated/α-hetero) is 1. The second-order valence-corrected chi connectivity index (χ2v) is 12.4. The molecule has 35 heavy (non-hydrogen) atoms. The molecule has 186 valence electrons. The number of nitrogens with zero attached hydrogens (tertiary/aromatic N) is 2. The monoisotopic (exact) mass is 497 g/mol. The lowest BCUT2D eigenvalue weighted by Gasteiger charge is -2.24. The SMILES string of the molecule is CCS(=O)(=O)N1CCc2cc(C(=O)CN3C(=O)N[C@](C)(c4ccc(C(C)(C)C)cc4)C3=O)ccc21. The summed E-state index contributed by atoms with van der Waals surface area (Å²) in [4.78, 5) is 40.0. The number of fused-ring (bicyclic) bond motifs is 1. The van der Waals surface area contributed by atoms with Crippen molar-refractivity contribution in [2.45, 2.75) is 52.0 Å². The van der Waals surface area contributed by atoms with Crippen LogP contribution in [0.3, 0.4) is 0 Å². The number of sulfonamides is 1. The molecule has 1 fully saturated rings. The van der Waals surface area contributed by atoms with Gasteiger partial charge in [-0.25, -0.2) is 13.2 Å². The van der Waals surface area contributed by atoms with Crippen LogP contribution in [0.2, 0.25) is 0 Å². The third-order valence-electron chi connectivity index (χ3n) is 6.86. The number of hydrogen-bond acceptors (Lipinski definition) is 5. The van der Waals surface area contributed by atoms with Crippen molar-refractivity contribution in [2.24, 2.45) is 0 Å². The van der Waals surface area contributed by atoms with Gasteiger partial charge in [0, 0.05) is 12.1 Å². The van der Waals surface area contributed by atoms with Gasteiger partial charge in [0.25, 0.3) is 5.91 Å². The van der Waals surface area contributed by atoms with Gasteiger partial charge in [0.15, 0.2) is 5.78 Å². The van der Waals surface area contributed by atoms with Crippen molar-refractivity contribution < 1.29 is 22.8 Å². The average Bonchev–Trinajstić information content (AvgIpc) is 3.33. The topological polar surface area (TPSA) is 104 Å². The van der Waals surface area contributed by atoms with Crippen molar-refractivity contribution in [2.75, 3.05) is 23.1 Å². The summed E-state index contributed by atoms with van der Waals surface area (Å²) < 4.78 is 26.0. The molecule has 0 bridgehead atoms. The van der Waals surface area contributed by atoms with Crippen molar-refractivity contribution in [3.8, 4) is 0 Å². The minimum absolute atomic E-state index is 0.00297. The average molecular weight is 498 g/mol. The molecule has 0 radical (unpaired) electrons. The van der Waals surface area contributed by atoms with Crippen LogP contribution in [0, 0.1) is 0 Å². The van der Waals surface area contributed by atoms with E-state index < -0.39 is 34.0 Å². The Morgan fingerprint density at radius 1 is 1.09 bits per heavy atom. The predicted molar refractivity (Wildman–Crippen MR) is 134 cm³/mol. The highest BCUT2D eigenvalue weighted by molar-refractivity contribution is 7.92. The Labute approximate surface area is 206 Å². The first-order valence-electron chi connectivity index (χ1n) is 11.7. The molecule has 2 aromatic carbocycles. The van der Waals surface area contributed by atoms with Crippen LogP contribution in [0.15, 0.2) is 42.5 Å². The summed E-state index contributed by atoms with van der Waals surface area (Å²) in [6.45, 7) is 9.47. The van der Waals surface area contributed by atoms with Gasteiger partial charge in [-0.1, -0.05) is 45.0 Å². The quantitative estimate of drug-likeness (QED) is 0.487. The van der Waals surface area contributed by atoms with Gasteiger partial charge in [0.1, 0.15) is 5.54 Å². The van der Waals surface area contributed by atoms with E-state index in [1.165, 1.54) is 4.31 Å². The summed E-state index contributed by atoms with van der Waals surface area (Å²) in [7, 11) is -3.39. The summed E-state index contributed by atoms with van der Waals surface area (Å²) >= 11 is 0. The van der Waals surface area contributed by atoms with Crippen LogP contribution < -0.4 is 9.62 Å². The minimum atomic E-state index is -3.39. The highest BCUT2D eigenvalue weighted by atomic mass is 32.2. The van der Waals surface area contributed by atoms with Gasteiger partial charge in [-0.15, -0.1) is 0 Å². The second kappa shape index (κ2) is 8.48. The van der Waals surface area contributed by atoms with E-state index >= 15 is 0 Å². The Morgan fingerprint density at radius 2 is 1.74 bits per heavy atom. The Hall–Kier alpha value is -3.20. The first kappa shape index (κ1) is 24.9. The third kappa shape index (κ3) is 4.33. The normalized spacial score (nSPS) is 20.3. The maximum absolute atomic E-state index is 13.3. The summed E-state index contributed by atoms with van der Waals surface area (Å²) in [6.07, 6.45) is 0.501.